The molecule has 0 aromatic heterocycles. The zero-order valence-electron chi connectivity index (χ0n) is 7.65. The third-order valence-electron chi connectivity index (χ3n) is 1.84. The van der Waals surface area contributed by atoms with Gasteiger partial charge < -0.3 is 0 Å². The summed E-state index contributed by atoms with van der Waals surface area (Å²) < 4.78 is 89.0. The highest BCUT2D eigenvalue weighted by Gasteiger charge is 2.41. The number of hydrogen-bond donors (Lipinski definition) is 1. The van der Waals surface area contributed by atoms with Crippen LogP contribution in [0.15, 0.2) is 0 Å². The molecule has 0 fully saturated rings. The van der Waals surface area contributed by atoms with Crippen molar-refractivity contribution in [3.05, 3.63) is 34.6 Å². The maximum absolute atomic E-state index is 12.9. The van der Waals surface area contributed by atoms with Crippen LogP contribution in [0.2, 0.25) is 0 Å². The normalized spacial score (nSPS) is 12.0. The molecule has 0 radical (unpaired) electrons. The second-order valence-electron chi connectivity index (χ2n) is 2.77. The Balaban J connectivity index is 3.65. The molecular weight excluding hydrogens is 243 g/mol. The Bertz CT molecular complexity index is 400. The predicted octanol–water partition coefficient (Wildman–Crippen LogP) is 2.65. The number of alkyl halides is 2. The van der Waals surface area contributed by atoms with Gasteiger partial charge in [0.25, 0.3) is 0 Å². The van der Waals surface area contributed by atoms with Crippen LogP contribution in [0.25, 0.3) is 0 Å². The fourth-order valence-corrected chi connectivity index (χ4v) is 1.01. The van der Waals surface area contributed by atoms with Crippen LogP contribution < -0.4 is 5.32 Å². The van der Waals surface area contributed by atoms with E-state index in [0.29, 0.717) is 7.05 Å². The highest BCUT2D eigenvalue weighted by Crippen LogP contribution is 2.33. The van der Waals surface area contributed by atoms with Gasteiger partial charge in [-0.2, -0.15) is 8.78 Å². The lowest BCUT2D eigenvalue weighted by Gasteiger charge is -2.17. The van der Waals surface area contributed by atoms with E-state index in [1.54, 1.807) is 0 Å². The number of nitrogens with one attached hydrogen (secondary N) is 1. The van der Waals surface area contributed by atoms with Gasteiger partial charge in [-0.05, 0) is 7.05 Å². The SMILES string of the molecule is CNC(F)(F)c1c(F)c(F)c(F)c(F)c1F. The molecule has 1 N–H and O–H groups in total. The first kappa shape index (κ1) is 12.8. The van der Waals surface area contributed by atoms with Crippen LogP contribution in [-0.2, 0) is 6.05 Å². The quantitative estimate of drug-likeness (QED) is 0.366. The van der Waals surface area contributed by atoms with Crippen molar-refractivity contribution in [2.45, 2.75) is 6.05 Å². The Hall–Kier alpha value is -1.31. The standard InChI is InChI=1S/C8H4F7N/c1-16-8(14,15)2-3(9)5(11)7(13)6(12)4(2)10/h16H,1H3. The molecule has 16 heavy (non-hydrogen) atoms. The van der Waals surface area contributed by atoms with Crippen LogP contribution in [0.3, 0.4) is 0 Å². The summed E-state index contributed by atoms with van der Waals surface area (Å²) in [4.78, 5) is 0. The van der Waals surface area contributed by atoms with Crippen molar-refractivity contribution in [2.24, 2.45) is 0 Å². The maximum atomic E-state index is 12.9. The third kappa shape index (κ3) is 1.73. The molecule has 0 amide bonds. The van der Waals surface area contributed by atoms with Gasteiger partial charge >= 0.3 is 6.05 Å². The summed E-state index contributed by atoms with van der Waals surface area (Å²) in [6.07, 6.45) is 0. The molecule has 1 aromatic rings. The minimum absolute atomic E-state index is 0.609. The van der Waals surface area contributed by atoms with Crippen molar-refractivity contribution < 1.29 is 30.7 Å². The van der Waals surface area contributed by atoms with Gasteiger partial charge in [0.2, 0.25) is 5.82 Å². The molecule has 0 unspecified atom stereocenters. The Morgan fingerprint density at radius 3 is 1.38 bits per heavy atom. The first-order valence-electron chi connectivity index (χ1n) is 3.82. The first-order valence-corrected chi connectivity index (χ1v) is 3.82. The van der Waals surface area contributed by atoms with Crippen molar-refractivity contribution in [3.63, 3.8) is 0 Å². The van der Waals surface area contributed by atoms with Crippen LogP contribution in [0.4, 0.5) is 30.7 Å². The second kappa shape index (κ2) is 3.93. The molecule has 1 aromatic carbocycles. The van der Waals surface area contributed by atoms with Crippen molar-refractivity contribution in [1.82, 2.24) is 5.32 Å². The van der Waals surface area contributed by atoms with E-state index in [9.17, 15) is 30.7 Å². The van der Waals surface area contributed by atoms with Crippen LogP contribution >= 0.6 is 0 Å². The van der Waals surface area contributed by atoms with E-state index in [-0.39, 0.29) is 0 Å². The van der Waals surface area contributed by atoms with E-state index in [4.69, 9.17) is 0 Å². The molecule has 0 saturated heterocycles. The van der Waals surface area contributed by atoms with Gasteiger partial charge in [0.05, 0.1) is 0 Å². The molecule has 0 heterocycles. The van der Waals surface area contributed by atoms with Gasteiger partial charge in [0.1, 0.15) is 5.56 Å². The van der Waals surface area contributed by atoms with Gasteiger partial charge in [-0.25, -0.2) is 22.0 Å². The Kier molecular flexibility index (Phi) is 3.13. The van der Waals surface area contributed by atoms with Crippen molar-refractivity contribution >= 4 is 0 Å². The van der Waals surface area contributed by atoms with E-state index >= 15 is 0 Å². The fourth-order valence-electron chi connectivity index (χ4n) is 1.01. The number of hydrogen-bond acceptors (Lipinski definition) is 1. The summed E-state index contributed by atoms with van der Waals surface area (Å²) in [7, 11) is 0.609. The minimum atomic E-state index is -4.36. The molecule has 1 rings (SSSR count). The molecule has 1 nitrogen and oxygen atoms in total. The number of halogens is 7. The molecule has 90 valence electrons. The van der Waals surface area contributed by atoms with Crippen molar-refractivity contribution in [3.8, 4) is 0 Å². The molecule has 0 saturated carbocycles. The fraction of sp³-hybridized carbons (Fsp3) is 0.250. The summed E-state index contributed by atoms with van der Waals surface area (Å²) in [5.41, 5.74) is -2.20. The van der Waals surface area contributed by atoms with Gasteiger partial charge in [-0.1, -0.05) is 0 Å². The lowest BCUT2D eigenvalue weighted by Crippen LogP contribution is -2.33. The van der Waals surface area contributed by atoms with E-state index < -0.39 is 40.7 Å². The van der Waals surface area contributed by atoms with E-state index in [0.717, 1.165) is 5.32 Å². The number of rotatable bonds is 2. The first-order chi connectivity index (χ1) is 7.24. The summed E-state index contributed by atoms with van der Waals surface area (Å²) in [5, 5.41) is 1.14. The van der Waals surface area contributed by atoms with E-state index in [2.05, 4.69) is 0 Å². The number of benzene rings is 1. The predicted molar refractivity (Wildman–Crippen MR) is 39.2 cm³/mol. The minimum Gasteiger partial charge on any atom is -0.257 e. The average Bonchev–Trinajstić information content (AvgIpc) is 2.23. The molecule has 0 spiro atoms. The largest absolute Gasteiger partial charge is 0.335 e. The van der Waals surface area contributed by atoms with E-state index in [1.165, 1.54) is 0 Å². The van der Waals surface area contributed by atoms with Gasteiger partial charge in [0, 0.05) is 0 Å². The molecule has 0 aliphatic rings. The molecule has 8 heteroatoms. The molecular formula is C8H4F7N. The zero-order valence-corrected chi connectivity index (χ0v) is 7.65. The van der Waals surface area contributed by atoms with Crippen LogP contribution in [0.5, 0.6) is 0 Å². The Morgan fingerprint density at radius 2 is 1.06 bits per heavy atom. The van der Waals surface area contributed by atoms with Gasteiger partial charge in [-0.15, -0.1) is 0 Å². The third-order valence-corrected chi connectivity index (χ3v) is 1.84. The summed E-state index contributed by atoms with van der Waals surface area (Å²) >= 11 is 0. The highest BCUT2D eigenvalue weighted by molar-refractivity contribution is 5.27. The molecule has 0 bridgehead atoms. The Morgan fingerprint density at radius 1 is 0.750 bits per heavy atom. The topological polar surface area (TPSA) is 12.0 Å². The van der Waals surface area contributed by atoms with Crippen LogP contribution in [0, 0.1) is 29.1 Å². The monoisotopic (exact) mass is 247 g/mol. The van der Waals surface area contributed by atoms with Crippen LogP contribution in [0.1, 0.15) is 5.56 Å². The van der Waals surface area contributed by atoms with Gasteiger partial charge in [-0.3, -0.25) is 5.32 Å². The maximum Gasteiger partial charge on any atom is 0.335 e. The lowest BCUT2D eigenvalue weighted by atomic mass is 10.1. The molecule has 0 aliphatic heterocycles. The zero-order chi connectivity index (χ0) is 12.7. The van der Waals surface area contributed by atoms with Crippen LogP contribution in [-0.4, -0.2) is 7.05 Å². The second-order valence-corrected chi connectivity index (χ2v) is 2.77. The Labute approximate surface area is 84.9 Å². The summed E-state index contributed by atoms with van der Waals surface area (Å²) in [5.74, 6) is -12.4. The van der Waals surface area contributed by atoms with E-state index in [1.807, 2.05) is 0 Å². The summed E-state index contributed by atoms with van der Waals surface area (Å²) in [6, 6.07) is -4.36. The van der Waals surface area contributed by atoms with Crippen molar-refractivity contribution in [2.75, 3.05) is 7.05 Å². The molecule has 0 aliphatic carbocycles. The highest BCUT2D eigenvalue weighted by atomic mass is 19.3. The lowest BCUT2D eigenvalue weighted by molar-refractivity contribution is -0.0416. The average molecular weight is 247 g/mol. The smallest absolute Gasteiger partial charge is 0.257 e. The van der Waals surface area contributed by atoms with Gasteiger partial charge in [0.15, 0.2) is 23.3 Å². The summed E-state index contributed by atoms with van der Waals surface area (Å²) in [6.45, 7) is 0. The molecule has 0 atom stereocenters. The van der Waals surface area contributed by atoms with Crippen molar-refractivity contribution in [1.29, 1.82) is 0 Å².